The van der Waals surface area contributed by atoms with Gasteiger partial charge in [-0.3, -0.25) is 0 Å². The van der Waals surface area contributed by atoms with Crippen molar-refractivity contribution >= 4 is 0 Å². The molecule has 0 aromatic rings. The fourth-order valence-electron chi connectivity index (χ4n) is 4.99. The summed E-state index contributed by atoms with van der Waals surface area (Å²) in [5, 5.41) is 19.1. The van der Waals surface area contributed by atoms with Gasteiger partial charge in [0.15, 0.2) is 0 Å². The summed E-state index contributed by atoms with van der Waals surface area (Å²) < 4.78 is 6.26. The molecule has 3 heteroatoms. The molecular weight excluding hydrogens is 262 g/mol. The van der Waals surface area contributed by atoms with Crippen LogP contribution in [0, 0.1) is 22.7 Å². The predicted molar refractivity (Wildman–Crippen MR) is 81.3 cm³/mol. The highest BCUT2D eigenvalue weighted by atomic mass is 16.5. The molecule has 0 aromatic carbocycles. The van der Waals surface area contributed by atoms with E-state index in [1.54, 1.807) is 0 Å². The molecule has 3 nitrogen and oxygen atoms in total. The van der Waals surface area contributed by atoms with Crippen molar-refractivity contribution < 1.29 is 9.84 Å². The summed E-state index contributed by atoms with van der Waals surface area (Å²) in [6.45, 7) is 2.24. The Morgan fingerprint density at radius 2 is 2.19 bits per heavy atom. The molecule has 1 aliphatic heterocycles. The highest BCUT2D eigenvalue weighted by molar-refractivity contribution is 5.25. The van der Waals surface area contributed by atoms with Crippen LogP contribution in [0.25, 0.3) is 0 Å². The molecule has 0 saturated heterocycles. The highest BCUT2D eigenvalue weighted by Gasteiger charge is 2.52. The van der Waals surface area contributed by atoms with Crippen molar-refractivity contribution in [3.8, 4) is 6.07 Å². The zero-order chi connectivity index (χ0) is 14.9. The first-order valence-electron chi connectivity index (χ1n) is 8.65. The molecule has 21 heavy (non-hydrogen) atoms. The van der Waals surface area contributed by atoms with Crippen molar-refractivity contribution in [2.24, 2.45) is 11.3 Å². The maximum absolute atomic E-state index is 10.5. The minimum atomic E-state index is -0.116. The average Bonchev–Trinajstić information content (AvgIpc) is 2.85. The monoisotopic (exact) mass is 289 g/mol. The first-order chi connectivity index (χ1) is 10.2. The summed E-state index contributed by atoms with van der Waals surface area (Å²) in [5.41, 5.74) is 1.66. The quantitative estimate of drug-likeness (QED) is 0.794. The van der Waals surface area contributed by atoms with Crippen molar-refractivity contribution in [1.82, 2.24) is 0 Å². The third-order valence-corrected chi connectivity index (χ3v) is 6.20. The topological polar surface area (TPSA) is 53.2 Å². The fraction of sp³-hybridized carbons (Fsp3) is 0.833. The Kier molecular flexibility index (Phi) is 4.26. The SMILES string of the molecule is CC[C@]12CCC3=C(CCC(CCCC#N)O3)[C@@H]1CC[C@H]2O. The Hall–Kier alpha value is -1.01. The first kappa shape index (κ1) is 14.9. The molecule has 0 aromatic heterocycles. The molecule has 0 spiro atoms. The Labute approximate surface area is 128 Å². The van der Waals surface area contributed by atoms with E-state index in [1.807, 2.05) is 0 Å². The number of ether oxygens (including phenoxy) is 1. The molecule has 2 aliphatic carbocycles. The van der Waals surface area contributed by atoms with Gasteiger partial charge in [0, 0.05) is 18.3 Å². The van der Waals surface area contributed by atoms with Crippen LogP contribution in [0.1, 0.15) is 71.1 Å². The molecule has 4 atom stereocenters. The molecule has 116 valence electrons. The number of allylic oxidation sites excluding steroid dienone is 2. The van der Waals surface area contributed by atoms with E-state index in [1.165, 1.54) is 11.3 Å². The van der Waals surface area contributed by atoms with Crippen LogP contribution in [0.4, 0.5) is 0 Å². The fourth-order valence-corrected chi connectivity index (χ4v) is 4.99. The average molecular weight is 289 g/mol. The normalized spacial score (nSPS) is 38.4. The highest BCUT2D eigenvalue weighted by Crippen LogP contribution is 2.58. The third-order valence-electron chi connectivity index (χ3n) is 6.20. The number of rotatable bonds is 4. The van der Waals surface area contributed by atoms with Gasteiger partial charge in [-0.05, 0) is 62.9 Å². The Morgan fingerprint density at radius 3 is 2.95 bits per heavy atom. The van der Waals surface area contributed by atoms with Crippen LogP contribution in [0.2, 0.25) is 0 Å². The van der Waals surface area contributed by atoms with Crippen LogP contribution in [0.5, 0.6) is 0 Å². The molecule has 0 bridgehead atoms. The second-order valence-corrected chi connectivity index (χ2v) is 7.01. The van der Waals surface area contributed by atoms with Gasteiger partial charge in [-0.15, -0.1) is 0 Å². The van der Waals surface area contributed by atoms with E-state index < -0.39 is 0 Å². The summed E-state index contributed by atoms with van der Waals surface area (Å²) in [7, 11) is 0. The molecule has 0 amide bonds. The second kappa shape index (κ2) is 6.01. The zero-order valence-electron chi connectivity index (χ0n) is 13.1. The number of aliphatic hydroxyl groups is 1. The van der Waals surface area contributed by atoms with E-state index in [-0.39, 0.29) is 11.5 Å². The summed E-state index contributed by atoms with van der Waals surface area (Å²) in [6, 6.07) is 2.22. The van der Waals surface area contributed by atoms with Crippen molar-refractivity contribution in [2.45, 2.75) is 83.3 Å². The minimum absolute atomic E-state index is 0.116. The number of aliphatic hydroxyl groups excluding tert-OH is 1. The van der Waals surface area contributed by atoms with Crippen LogP contribution < -0.4 is 0 Å². The maximum Gasteiger partial charge on any atom is 0.0985 e. The number of nitrogens with zero attached hydrogens (tertiary/aromatic N) is 1. The number of nitriles is 1. The minimum Gasteiger partial charge on any atom is -0.495 e. The van der Waals surface area contributed by atoms with Gasteiger partial charge in [0.05, 0.1) is 24.0 Å². The number of hydrogen-bond donors (Lipinski definition) is 1. The molecule has 0 radical (unpaired) electrons. The molecule has 1 heterocycles. The lowest BCUT2D eigenvalue weighted by Gasteiger charge is -2.45. The van der Waals surface area contributed by atoms with E-state index in [4.69, 9.17) is 10.00 Å². The van der Waals surface area contributed by atoms with Crippen molar-refractivity contribution in [3.63, 3.8) is 0 Å². The summed E-state index contributed by atoms with van der Waals surface area (Å²) in [4.78, 5) is 0. The molecule has 1 saturated carbocycles. The smallest absolute Gasteiger partial charge is 0.0985 e. The summed E-state index contributed by atoms with van der Waals surface area (Å²) in [5.74, 6) is 1.80. The Bertz CT molecular complexity index is 464. The van der Waals surface area contributed by atoms with E-state index in [0.717, 1.165) is 57.8 Å². The Morgan fingerprint density at radius 1 is 1.33 bits per heavy atom. The van der Waals surface area contributed by atoms with Crippen molar-refractivity contribution in [3.05, 3.63) is 11.3 Å². The van der Waals surface area contributed by atoms with Crippen LogP contribution in [-0.4, -0.2) is 17.3 Å². The number of hydrogen-bond acceptors (Lipinski definition) is 3. The lowest BCUT2D eigenvalue weighted by Crippen LogP contribution is -2.40. The predicted octanol–water partition coefficient (Wildman–Crippen LogP) is 4.07. The van der Waals surface area contributed by atoms with Gasteiger partial charge in [-0.25, -0.2) is 0 Å². The van der Waals surface area contributed by atoms with Gasteiger partial charge in [-0.1, -0.05) is 6.92 Å². The second-order valence-electron chi connectivity index (χ2n) is 7.01. The van der Waals surface area contributed by atoms with Gasteiger partial charge < -0.3 is 9.84 Å². The van der Waals surface area contributed by atoms with E-state index in [2.05, 4.69) is 13.0 Å². The van der Waals surface area contributed by atoms with E-state index in [9.17, 15) is 5.11 Å². The van der Waals surface area contributed by atoms with Crippen molar-refractivity contribution in [2.75, 3.05) is 0 Å². The first-order valence-corrected chi connectivity index (χ1v) is 8.65. The van der Waals surface area contributed by atoms with Crippen molar-refractivity contribution in [1.29, 1.82) is 5.26 Å². The molecule has 3 rings (SSSR count). The van der Waals surface area contributed by atoms with E-state index in [0.29, 0.717) is 18.4 Å². The van der Waals surface area contributed by atoms with Gasteiger partial charge in [0.25, 0.3) is 0 Å². The molecular formula is C18H27NO2. The largest absolute Gasteiger partial charge is 0.495 e. The van der Waals surface area contributed by atoms with Gasteiger partial charge >= 0.3 is 0 Å². The molecule has 1 unspecified atom stereocenters. The lowest BCUT2D eigenvalue weighted by atomic mass is 9.63. The summed E-state index contributed by atoms with van der Waals surface area (Å²) in [6.07, 6.45) is 10.3. The number of unbranched alkanes of at least 4 members (excludes halogenated alkanes) is 1. The van der Waals surface area contributed by atoms with Crippen LogP contribution in [-0.2, 0) is 4.74 Å². The van der Waals surface area contributed by atoms with Gasteiger partial charge in [0.2, 0.25) is 0 Å². The van der Waals surface area contributed by atoms with Gasteiger partial charge in [0.1, 0.15) is 0 Å². The van der Waals surface area contributed by atoms with Gasteiger partial charge in [-0.2, -0.15) is 5.26 Å². The van der Waals surface area contributed by atoms with Crippen LogP contribution in [0.15, 0.2) is 11.3 Å². The van der Waals surface area contributed by atoms with Crippen LogP contribution >= 0.6 is 0 Å². The lowest BCUT2D eigenvalue weighted by molar-refractivity contribution is -0.00893. The van der Waals surface area contributed by atoms with E-state index >= 15 is 0 Å². The number of fused-ring (bicyclic) bond motifs is 2. The van der Waals surface area contributed by atoms with Crippen LogP contribution in [0.3, 0.4) is 0 Å². The molecule has 1 N–H and O–H groups in total. The molecule has 3 aliphatic rings. The molecule has 1 fully saturated rings. The third kappa shape index (κ3) is 2.48. The standard InChI is InChI=1S/C18H27NO2/c1-2-18-11-10-16-14(15(18)8-9-17(18)20)7-6-13(21-16)5-3-4-12-19/h13,15,17,20H,2-11H2,1H3/t13?,15-,17+,18-/m0/s1. The Balaban J connectivity index is 1.72. The zero-order valence-corrected chi connectivity index (χ0v) is 13.1. The maximum atomic E-state index is 10.5. The summed E-state index contributed by atoms with van der Waals surface area (Å²) >= 11 is 0.